The number of hydrogen-bond acceptors (Lipinski definition) is 4. The standard InChI is InChI=1S/C20H37N5O2/c1-19(2)16(14-20(19,3)27-5)22-18(21-4)25-12-10-23(11-13-25)15-17(26)24-8-6-7-9-24/h16H,6-15H2,1-5H3,(H,21,22). The smallest absolute Gasteiger partial charge is 0.236 e. The normalized spacial score (nSPS) is 31.7. The average molecular weight is 380 g/mol. The number of piperazine rings is 1. The number of carbonyl (C=O) groups excluding carboxylic acids is 1. The van der Waals surface area contributed by atoms with Gasteiger partial charge in [0, 0.05) is 64.9 Å². The fourth-order valence-corrected chi connectivity index (χ4v) is 4.55. The molecule has 154 valence electrons. The molecule has 0 aromatic rings. The third kappa shape index (κ3) is 3.94. The Bertz CT molecular complexity index is 565. The minimum absolute atomic E-state index is 0.0572. The Kier molecular flexibility index (Phi) is 6.01. The van der Waals surface area contributed by atoms with Crippen LogP contribution in [-0.2, 0) is 9.53 Å². The molecule has 0 radical (unpaired) electrons. The highest BCUT2D eigenvalue weighted by Crippen LogP contribution is 2.51. The minimum atomic E-state index is -0.0852. The van der Waals surface area contributed by atoms with E-state index < -0.39 is 0 Å². The summed E-state index contributed by atoms with van der Waals surface area (Å²) in [5.41, 5.74) is -0.0280. The van der Waals surface area contributed by atoms with Gasteiger partial charge in [-0.25, -0.2) is 0 Å². The lowest BCUT2D eigenvalue weighted by atomic mass is 9.56. The molecule has 1 amide bonds. The predicted octanol–water partition coefficient (Wildman–Crippen LogP) is 1.01. The van der Waals surface area contributed by atoms with Crippen LogP contribution in [0.1, 0.15) is 40.0 Å². The fourth-order valence-electron chi connectivity index (χ4n) is 4.55. The summed E-state index contributed by atoms with van der Waals surface area (Å²) in [6.07, 6.45) is 3.29. The number of rotatable bonds is 4. The van der Waals surface area contributed by atoms with Gasteiger partial charge in [-0.3, -0.25) is 14.7 Å². The van der Waals surface area contributed by atoms with Crippen LogP contribution < -0.4 is 5.32 Å². The molecule has 3 rings (SSSR count). The van der Waals surface area contributed by atoms with Gasteiger partial charge in [0.2, 0.25) is 5.91 Å². The number of amides is 1. The van der Waals surface area contributed by atoms with Gasteiger partial charge >= 0.3 is 0 Å². The van der Waals surface area contributed by atoms with Crippen molar-refractivity contribution in [3.05, 3.63) is 0 Å². The van der Waals surface area contributed by atoms with Crippen molar-refractivity contribution in [1.29, 1.82) is 0 Å². The van der Waals surface area contributed by atoms with E-state index in [1.807, 2.05) is 11.9 Å². The number of nitrogens with zero attached hydrogens (tertiary/aromatic N) is 4. The summed E-state index contributed by atoms with van der Waals surface area (Å²) in [4.78, 5) is 23.5. The zero-order chi connectivity index (χ0) is 19.7. The SMILES string of the molecule is CN=C(NC1CC(C)(OC)C1(C)C)N1CCN(CC(=O)N2CCCC2)CC1. The van der Waals surface area contributed by atoms with Crippen LogP contribution in [0.25, 0.3) is 0 Å². The van der Waals surface area contributed by atoms with Crippen LogP contribution in [0, 0.1) is 5.41 Å². The average Bonchev–Trinajstić information content (AvgIpc) is 3.20. The van der Waals surface area contributed by atoms with E-state index in [1.165, 1.54) is 0 Å². The van der Waals surface area contributed by atoms with Gasteiger partial charge in [-0.1, -0.05) is 13.8 Å². The van der Waals surface area contributed by atoms with Crippen molar-refractivity contribution < 1.29 is 9.53 Å². The summed E-state index contributed by atoms with van der Waals surface area (Å²) in [5.74, 6) is 1.26. The number of nitrogens with one attached hydrogen (secondary N) is 1. The summed E-state index contributed by atoms with van der Waals surface area (Å²) < 4.78 is 5.74. The van der Waals surface area contributed by atoms with Gasteiger partial charge in [-0.2, -0.15) is 0 Å². The molecule has 0 bridgehead atoms. The van der Waals surface area contributed by atoms with Crippen LogP contribution in [0.15, 0.2) is 4.99 Å². The van der Waals surface area contributed by atoms with Crippen molar-refractivity contribution in [2.45, 2.75) is 51.7 Å². The van der Waals surface area contributed by atoms with Gasteiger partial charge < -0.3 is 19.9 Å². The number of guanidine groups is 1. The lowest BCUT2D eigenvalue weighted by Crippen LogP contribution is -2.70. The zero-order valence-electron chi connectivity index (χ0n) is 17.8. The van der Waals surface area contributed by atoms with Gasteiger partial charge in [-0.05, 0) is 26.2 Å². The van der Waals surface area contributed by atoms with Crippen molar-refractivity contribution >= 4 is 11.9 Å². The first-order valence-electron chi connectivity index (χ1n) is 10.3. The molecule has 7 heteroatoms. The zero-order valence-corrected chi connectivity index (χ0v) is 17.8. The first-order chi connectivity index (χ1) is 12.8. The first-order valence-corrected chi connectivity index (χ1v) is 10.3. The highest BCUT2D eigenvalue weighted by Gasteiger charge is 2.58. The molecule has 7 nitrogen and oxygen atoms in total. The highest BCUT2D eigenvalue weighted by molar-refractivity contribution is 5.81. The molecule has 2 saturated heterocycles. The van der Waals surface area contributed by atoms with Gasteiger partial charge in [0.05, 0.1) is 12.1 Å². The molecule has 0 aromatic carbocycles. The second-order valence-electron chi connectivity index (χ2n) is 8.96. The molecular weight excluding hydrogens is 342 g/mol. The van der Waals surface area contributed by atoms with E-state index in [0.29, 0.717) is 18.5 Å². The number of hydrogen-bond donors (Lipinski definition) is 1. The maximum Gasteiger partial charge on any atom is 0.236 e. The number of carbonyl (C=O) groups is 1. The third-order valence-corrected chi connectivity index (χ3v) is 7.28. The fraction of sp³-hybridized carbons (Fsp3) is 0.900. The summed E-state index contributed by atoms with van der Waals surface area (Å²) in [6.45, 7) is 12.8. The van der Waals surface area contributed by atoms with Gasteiger partial charge in [0.1, 0.15) is 0 Å². The van der Waals surface area contributed by atoms with Gasteiger partial charge in [0.25, 0.3) is 0 Å². The number of methoxy groups -OCH3 is 1. The lowest BCUT2D eigenvalue weighted by molar-refractivity contribution is -0.177. The molecule has 3 aliphatic rings. The molecule has 0 aromatic heterocycles. The van der Waals surface area contributed by atoms with E-state index in [0.717, 1.165) is 64.5 Å². The largest absolute Gasteiger partial charge is 0.378 e. The van der Waals surface area contributed by atoms with E-state index in [9.17, 15) is 4.79 Å². The molecule has 2 heterocycles. The second kappa shape index (κ2) is 7.95. The molecule has 0 spiro atoms. The van der Waals surface area contributed by atoms with E-state index in [1.54, 1.807) is 7.11 Å². The highest BCUT2D eigenvalue weighted by atomic mass is 16.5. The number of aliphatic imine (C=N–C) groups is 1. The first kappa shape index (κ1) is 20.4. The van der Waals surface area contributed by atoms with Gasteiger partial charge in [0.15, 0.2) is 5.96 Å². The topological polar surface area (TPSA) is 60.4 Å². The monoisotopic (exact) mass is 379 g/mol. The molecule has 27 heavy (non-hydrogen) atoms. The molecule has 1 N–H and O–H groups in total. The van der Waals surface area contributed by atoms with Crippen LogP contribution in [-0.4, -0.2) is 98.2 Å². The Hall–Kier alpha value is -1.34. The van der Waals surface area contributed by atoms with Crippen LogP contribution in [0.5, 0.6) is 0 Å². The van der Waals surface area contributed by atoms with E-state index in [-0.39, 0.29) is 11.0 Å². The summed E-state index contributed by atoms with van der Waals surface area (Å²) in [5, 5.41) is 3.66. The van der Waals surface area contributed by atoms with Crippen molar-refractivity contribution in [2.24, 2.45) is 10.4 Å². The Morgan fingerprint density at radius 1 is 1.07 bits per heavy atom. The second-order valence-corrected chi connectivity index (χ2v) is 8.96. The quantitative estimate of drug-likeness (QED) is 0.583. The summed E-state index contributed by atoms with van der Waals surface area (Å²) >= 11 is 0. The van der Waals surface area contributed by atoms with Crippen LogP contribution in [0.4, 0.5) is 0 Å². The maximum absolute atomic E-state index is 12.4. The Balaban J connectivity index is 1.47. The molecule has 2 aliphatic heterocycles. The molecule has 2 unspecified atom stereocenters. The molecule has 1 aliphatic carbocycles. The number of likely N-dealkylation sites (tertiary alicyclic amines) is 1. The molecule has 3 fully saturated rings. The molecule has 1 saturated carbocycles. The van der Waals surface area contributed by atoms with Crippen molar-refractivity contribution in [2.75, 3.05) is 60.0 Å². The summed E-state index contributed by atoms with van der Waals surface area (Å²) in [7, 11) is 3.66. The Labute approximate surface area is 164 Å². The summed E-state index contributed by atoms with van der Waals surface area (Å²) in [6, 6.07) is 0.357. The molecule has 2 atom stereocenters. The van der Waals surface area contributed by atoms with Crippen LogP contribution in [0.2, 0.25) is 0 Å². The van der Waals surface area contributed by atoms with Crippen molar-refractivity contribution in [1.82, 2.24) is 20.0 Å². The van der Waals surface area contributed by atoms with E-state index in [4.69, 9.17) is 4.74 Å². The predicted molar refractivity (Wildman–Crippen MR) is 108 cm³/mol. The Morgan fingerprint density at radius 2 is 1.70 bits per heavy atom. The van der Waals surface area contributed by atoms with E-state index in [2.05, 4.69) is 40.9 Å². The van der Waals surface area contributed by atoms with Crippen LogP contribution >= 0.6 is 0 Å². The van der Waals surface area contributed by atoms with Gasteiger partial charge in [-0.15, -0.1) is 0 Å². The molecular formula is C20H37N5O2. The number of ether oxygens (including phenoxy) is 1. The minimum Gasteiger partial charge on any atom is -0.378 e. The van der Waals surface area contributed by atoms with Crippen LogP contribution in [0.3, 0.4) is 0 Å². The van der Waals surface area contributed by atoms with Crippen molar-refractivity contribution in [3.8, 4) is 0 Å². The Morgan fingerprint density at radius 3 is 2.22 bits per heavy atom. The van der Waals surface area contributed by atoms with E-state index >= 15 is 0 Å². The maximum atomic E-state index is 12.4. The van der Waals surface area contributed by atoms with Crippen molar-refractivity contribution in [3.63, 3.8) is 0 Å². The lowest BCUT2D eigenvalue weighted by Gasteiger charge is -2.59. The third-order valence-electron chi connectivity index (χ3n) is 7.28.